The van der Waals surface area contributed by atoms with Gasteiger partial charge in [-0.2, -0.15) is 0 Å². The van der Waals surface area contributed by atoms with E-state index in [1.165, 1.54) is 89.9 Å². The van der Waals surface area contributed by atoms with E-state index in [-0.39, 0.29) is 5.82 Å². The highest BCUT2D eigenvalue weighted by Gasteiger charge is 2.39. The number of ether oxygens (including phenoxy) is 3. The fourth-order valence-corrected chi connectivity index (χ4v) is 4.36. The van der Waals surface area contributed by atoms with Crippen LogP contribution >= 0.6 is 0 Å². The van der Waals surface area contributed by atoms with Gasteiger partial charge in [0.2, 0.25) is 5.79 Å². The predicted molar refractivity (Wildman–Crippen MR) is 137 cm³/mol. The lowest BCUT2D eigenvalue weighted by atomic mass is 10.0. The van der Waals surface area contributed by atoms with Crippen LogP contribution in [-0.2, 0) is 14.2 Å². The molecule has 0 aliphatic carbocycles. The third kappa shape index (κ3) is 15.0. The van der Waals surface area contributed by atoms with Crippen LogP contribution in [0.4, 0.5) is 0 Å². The summed E-state index contributed by atoms with van der Waals surface area (Å²) in [6, 6.07) is 0. The van der Waals surface area contributed by atoms with Crippen molar-refractivity contribution >= 4 is 0 Å². The number of nitrogens with two attached hydrogens (primary N) is 2. The molecule has 5 nitrogen and oxygen atoms in total. The minimum absolute atomic E-state index is 0.144. The highest BCUT2D eigenvalue weighted by atomic mass is 16.7. The van der Waals surface area contributed by atoms with Gasteiger partial charge in [-0.3, -0.25) is 0 Å². The number of hydrogen-bond acceptors (Lipinski definition) is 5. The van der Waals surface area contributed by atoms with Gasteiger partial charge in [0.15, 0.2) is 5.76 Å². The molecule has 0 aliphatic rings. The highest BCUT2D eigenvalue weighted by Crippen LogP contribution is 2.31. The fraction of sp³-hybridized carbons (Fsp3) is 0.926. The summed E-state index contributed by atoms with van der Waals surface area (Å²) in [7, 11) is 0. The van der Waals surface area contributed by atoms with Crippen molar-refractivity contribution in [2.45, 2.75) is 143 Å². The van der Waals surface area contributed by atoms with E-state index in [2.05, 4.69) is 6.92 Å². The molecule has 0 spiro atoms. The Labute approximate surface area is 200 Å². The fourth-order valence-electron chi connectivity index (χ4n) is 4.36. The van der Waals surface area contributed by atoms with Crippen molar-refractivity contribution in [2.24, 2.45) is 11.5 Å². The van der Waals surface area contributed by atoms with Crippen molar-refractivity contribution < 1.29 is 14.2 Å². The van der Waals surface area contributed by atoms with E-state index in [9.17, 15) is 0 Å². The molecule has 0 atom stereocenters. The average molecular weight is 457 g/mol. The van der Waals surface area contributed by atoms with Gasteiger partial charge in [0.25, 0.3) is 0 Å². The van der Waals surface area contributed by atoms with Crippen molar-refractivity contribution in [2.75, 3.05) is 19.8 Å². The first-order valence-corrected chi connectivity index (χ1v) is 13.7. The maximum Gasteiger partial charge on any atom is 0.231 e. The summed E-state index contributed by atoms with van der Waals surface area (Å²) in [6.07, 6.45) is 22.3. The largest absolute Gasteiger partial charge is 0.489 e. The molecule has 0 aromatic heterocycles. The van der Waals surface area contributed by atoms with Crippen LogP contribution in [0.3, 0.4) is 0 Å². The molecule has 0 amide bonds. The zero-order chi connectivity index (χ0) is 23.9. The molecule has 0 rings (SSSR count). The Balaban J connectivity index is 3.95. The zero-order valence-corrected chi connectivity index (χ0v) is 22.0. The van der Waals surface area contributed by atoms with Crippen molar-refractivity contribution in [3.63, 3.8) is 0 Å². The van der Waals surface area contributed by atoms with Gasteiger partial charge in [-0.05, 0) is 27.2 Å². The van der Waals surface area contributed by atoms with Crippen molar-refractivity contribution in [1.82, 2.24) is 0 Å². The van der Waals surface area contributed by atoms with Crippen molar-refractivity contribution in [3.05, 3.63) is 11.6 Å². The Hall–Kier alpha value is -0.940. The van der Waals surface area contributed by atoms with E-state index in [4.69, 9.17) is 25.7 Å². The molecular formula is C27H56N2O3. The lowest BCUT2D eigenvalue weighted by Crippen LogP contribution is -2.42. The first-order chi connectivity index (χ1) is 15.6. The molecule has 0 radical (unpaired) electrons. The molecule has 192 valence electrons. The molecule has 4 N–H and O–H groups in total. The van der Waals surface area contributed by atoms with Gasteiger partial charge in [-0.25, -0.2) is 0 Å². The average Bonchev–Trinajstić information content (AvgIpc) is 2.77. The van der Waals surface area contributed by atoms with Crippen LogP contribution in [0.1, 0.15) is 137 Å². The van der Waals surface area contributed by atoms with Gasteiger partial charge in [0.1, 0.15) is 5.82 Å². The molecule has 0 saturated carbocycles. The van der Waals surface area contributed by atoms with Crippen LogP contribution in [0, 0.1) is 0 Å². The summed E-state index contributed by atoms with van der Waals surface area (Å²) in [4.78, 5) is 0. The van der Waals surface area contributed by atoms with Gasteiger partial charge >= 0.3 is 0 Å². The second-order valence-electron chi connectivity index (χ2n) is 8.89. The molecule has 0 bridgehead atoms. The topological polar surface area (TPSA) is 79.7 Å². The Kier molecular flexibility index (Phi) is 21.2. The number of hydrogen-bond donors (Lipinski definition) is 2. The normalized spacial score (nSPS) is 11.6. The summed E-state index contributed by atoms with van der Waals surface area (Å²) in [6.45, 7) is 9.63. The van der Waals surface area contributed by atoms with Crippen LogP contribution < -0.4 is 11.5 Å². The van der Waals surface area contributed by atoms with Crippen LogP contribution in [0.25, 0.3) is 0 Å². The minimum Gasteiger partial charge on any atom is -0.489 e. The van der Waals surface area contributed by atoms with Gasteiger partial charge < -0.3 is 25.7 Å². The van der Waals surface area contributed by atoms with E-state index < -0.39 is 5.79 Å². The van der Waals surface area contributed by atoms with Crippen LogP contribution in [0.5, 0.6) is 0 Å². The Morgan fingerprint density at radius 2 is 0.906 bits per heavy atom. The quantitative estimate of drug-likeness (QED) is 0.0891. The highest BCUT2D eigenvalue weighted by molar-refractivity contribution is 5.11. The van der Waals surface area contributed by atoms with Gasteiger partial charge in [-0.1, -0.05) is 103 Å². The summed E-state index contributed by atoms with van der Waals surface area (Å²) < 4.78 is 17.7. The zero-order valence-electron chi connectivity index (χ0n) is 22.0. The van der Waals surface area contributed by atoms with E-state index in [0.717, 1.165) is 12.8 Å². The van der Waals surface area contributed by atoms with E-state index in [0.29, 0.717) is 32.0 Å². The second kappa shape index (κ2) is 21.9. The summed E-state index contributed by atoms with van der Waals surface area (Å²) >= 11 is 0. The van der Waals surface area contributed by atoms with Crippen molar-refractivity contribution in [1.29, 1.82) is 0 Å². The van der Waals surface area contributed by atoms with E-state index >= 15 is 0 Å². The molecule has 32 heavy (non-hydrogen) atoms. The minimum atomic E-state index is -0.964. The molecule has 0 aliphatic heterocycles. The van der Waals surface area contributed by atoms with Crippen molar-refractivity contribution in [3.8, 4) is 0 Å². The number of unbranched alkanes of at least 4 members (excludes halogenated alkanes) is 15. The van der Waals surface area contributed by atoms with Gasteiger partial charge in [0.05, 0.1) is 6.61 Å². The standard InChI is InChI=1S/C27H56N2O3/c1-5-9-10-11-12-13-14-15-16-17-18-19-20-21-22-23-24-27(31-7-3,32-8-4)25(26(28)29)30-6-2/h5-24,28-29H2,1-4H3. The lowest BCUT2D eigenvalue weighted by Gasteiger charge is -2.35. The number of rotatable bonds is 24. The third-order valence-corrected chi connectivity index (χ3v) is 6.01. The van der Waals surface area contributed by atoms with Crippen LogP contribution in [0.2, 0.25) is 0 Å². The van der Waals surface area contributed by atoms with Gasteiger partial charge in [-0.15, -0.1) is 0 Å². The van der Waals surface area contributed by atoms with Crippen LogP contribution in [0.15, 0.2) is 11.6 Å². The predicted octanol–water partition coefficient (Wildman–Crippen LogP) is 7.53. The molecule has 5 heteroatoms. The molecule has 0 aromatic rings. The second-order valence-corrected chi connectivity index (χ2v) is 8.89. The Morgan fingerprint density at radius 1 is 0.531 bits per heavy atom. The molecule has 0 heterocycles. The first kappa shape index (κ1) is 31.1. The maximum atomic E-state index is 6.01. The lowest BCUT2D eigenvalue weighted by molar-refractivity contribution is -0.233. The Morgan fingerprint density at radius 3 is 1.22 bits per heavy atom. The van der Waals surface area contributed by atoms with Crippen LogP contribution in [-0.4, -0.2) is 25.6 Å². The summed E-state index contributed by atoms with van der Waals surface area (Å²) in [5.74, 6) is -0.385. The summed E-state index contributed by atoms with van der Waals surface area (Å²) in [5.41, 5.74) is 11.8. The first-order valence-electron chi connectivity index (χ1n) is 13.7. The maximum absolute atomic E-state index is 6.01. The molecule has 0 fully saturated rings. The summed E-state index contributed by atoms with van der Waals surface area (Å²) in [5, 5.41) is 0. The molecular weight excluding hydrogens is 400 g/mol. The van der Waals surface area contributed by atoms with E-state index in [1.807, 2.05) is 20.8 Å². The molecule has 0 aromatic carbocycles. The van der Waals surface area contributed by atoms with E-state index in [1.54, 1.807) is 0 Å². The molecule has 0 unspecified atom stereocenters. The Bertz CT molecular complexity index is 431. The van der Waals surface area contributed by atoms with Gasteiger partial charge in [0, 0.05) is 19.6 Å². The SMILES string of the molecule is CCCCCCCCCCCCCCCCCCC(OCC)(OCC)C(OCC)=C(N)N. The smallest absolute Gasteiger partial charge is 0.231 e. The molecule has 0 saturated heterocycles. The third-order valence-electron chi connectivity index (χ3n) is 6.01. The monoisotopic (exact) mass is 456 g/mol.